The number of benzene rings is 1. The van der Waals surface area contributed by atoms with E-state index >= 15 is 0 Å². The number of hydrogen-bond acceptors (Lipinski definition) is 6. The van der Waals surface area contributed by atoms with E-state index in [0.717, 1.165) is 0 Å². The Morgan fingerprint density at radius 1 is 1.18 bits per heavy atom. The monoisotopic (exact) mass is 398 g/mol. The summed E-state index contributed by atoms with van der Waals surface area (Å²) < 4.78 is 7.31. The fraction of sp³-hybridized carbons (Fsp3) is 0.300. The fourth-order valence-electron chi connectivity index (χ4n) is 2.51. The largest absolute Gasteiger partial charge is 0.461 e. The highest BCUT2D eigenvalue weighted by molar-refractivity contribution is 7.99. The second-order valence-electron chi connectivity index (χ2n) is 6.46. The second kappa shape index (κ2) is 8.88. The van der Waals surface area contributed by atoms with Crippen LogP contribution in [0.25, 0.3) is 11.6 Å². The number of anilines is 1. The number of thioether (sulfide) groups is 1. The zero-order valence-corrected chi connectivity index (χ0v) is 16.8. The molecule has 8 heteroatoms. The normalized spacial score (nSPS) is 11.0. The third-order valence-electron chi connectivity index (χ3n) is 4.11. The number of carbonyl (C=O) groups excluding carboxylic acids is 2. The minimum atomic E-state index is -0.0975. The first-order chi connectivity index (χ1) is 13.5. The van der Waals surface area contributed by atoms with Gasteiger partial charge in [0.25, 0.3) is 0 Å². The number of furan rings is 1. The topological polar surface area (TPSA) is 90.0 Å². The van der Waals surface area contributed by atoms with Crippen molar-refractivity contribution in [1.29, 1.82) is 0 Å². The third-order valence-corrected chi connectivity index (χ3v) is 5.07. The van der Waals surface area contributed by atoms with Crippen LogP contribution in [0.15, 0.2) is 52.2 Å². The zero-order valence-electron chi connectivity index (χ0n) is 16.0. The van der Waals surface area contributed by atoms with Crippen molar-refractivity contribution in [3.05, 3.63) is 48.2 Å². The lowest BCUT2D eigenvalue weighted by molar-refractivity contribution is -0.118. The van der Waals surface area contributed by atoms with Crippen molar-refractivity contribution < 1.29 is 14.0 Å². The van der Waals surface area contributed by atoms with Gasteiger partial charge in [-0.1, -0.05) is 25.6 Å². The Labute approximate surface area is 167 Å². The average Bonchev–Trinajstić information content (AvgIpc) is 3.35. The van der Waals surface area contributed by atoms with E-state index in [1.54, 1.807) is 36.6 Å². The molecule has 0 aliphatic rings. The van der Waals surface area contributed by atoms with Crippen molar-refractivity contribution in [3.63, 3.8) is 0 Å². The third kappa shape index (κ3) is 4.51. The maximum Gasteiger partial charge on any atom is 0.226 e. The lowest BCUT2D eigenvalue weighted by atomic mass is 10.1. The average molecular weight is 398 g/mol. The van der Waals surface area contributed by atoms with E-state index in [1.807, 2.05) is 31.4 Å². The lowest BCUT2D eigenvalue weighted by Gasteiger charge is -2.08. The summed E-state index contributed by atoms with van der Waals surface area (Å²) in [6.07, 6.45) is 1.59. The number of aromatic nitrogens is 3. The molecule has 7 nitrogen and oxygen atoms in total. The molecule has 1 N–H and O–H groups in total. The summed E-state index contributed by atoms with van der Waals surface area (Å²) in [4.78, 5) is 24.2. The number of carbonyl (C=O) groups is 2. The molecule has 0 fully saturated rings. The van der Waals surface area contributed by atoms with Crippen LogP contribution >= 0.6 is 11.8 Å². The molecule has 0 saturated heterocycles. The highest BCUT2D eigenvalue weighted by Gasteiger charge is 2.17. The van der Waals surface area contributed by atoms with E-state index in [2.05, 4.69) is 15.5 Å². The number of amides is 1. The quantitative estimate of drug-likeness (QED) is 0.453. The molecule has 1 amide bonds. The summed E-state index contributed by atoms with van der Waals surface area (Å²) in [5.74, 6) is 1.37. The van der Waals surface area contributed by atoms with Crippen LogP contribution < -0.4 is 5.32 Å². The Bertz CT molecular complexity index is 947. The van der Waals surface area contributed by atoms with Gasteiger partial charge in [0.1, 0.15) is 0 Å². The van der Waals surface area contributed by atoms with Gasteiger partial charge in [0, 0.05) is 23.7 Å². The molecule has 0 saturated carbocycles. The van der Waals surface area contributed by atoms with Crippen LogP contribution in [0.2, 0.25) is 0 Å². The molecule has 0 atom stereocenters. The van der Waals surface area contributed by atoms with Gasteiger partial charge in [-0.25, -0.2) is 0 Å². The Hall–Kier alpha value is -2.87. The van der Waals surface area contributed by atoms with Crippen LogP contribution in [-0.2, 0) is 11.3 Å². The van der Waals surface area contributed by atoms with Crippen molar-refractivity contribution in [2.45, 2.75) is 32.5 Å². The summed E-state index contributed by atoms with van der Waals surface area (Å²) in [5, 5.41) is 11.8. The molecule has 0 radical (unpaired) electrons. The van der Waals surface area contributed by atoms with E-state index in [4.69, 9.17) is 4.42 Å². The summed E-state index contributed by atoms with van der Waals surface area (Å²) in [7, 11) is 0. The lowest BCUT2D eigenvalue weighted by Crippen LogP contribution is -2.17. The Morgan fingerprint density at radius 2 is 1.93 bits per heavy atom. The van der Waals surface area contributed by atoms with Gasteiger partial charge in [-0.3, -0.25) is 14.2 Å². The molecule has 0 bridgehead atoms. The van der Waals surface area contributed by atoms with Crippen molar-refractivity contribution in [2.24, 2.45) is 5.92 Å². The van der Waals surface area contributed by atoms with E-state index in [9.17, 15) is 9.59 Å². The molecule has 2 heterocycles. The summed E-state index contributed by atoms with van der Waals surface area (Å²) >= 11 is 1.34. The van der Waals surface area contributed by atoms with Gasteiger partial charge in [0.05, 0.1) is 12.0 Å². The molecule has 1 aromatic carbocycles. The predicted molar refractivity (Wildman–Crippen MR) is 108 cm³/mol. The number of rotatable bonds is 8. The molecular formula is C20H22N4O3S. The fourth-order valence-corrected chi connectivity index (χ4v) is 3.40. The molecule has 3 rings (SSSR count). The van der Waals surface area contributed by atoms with Crippen molar-refractivity contribution in [2.75, 3.05) is 11.1 Å². The molecule has 0 aliphatic heterocycles. The standard InChI is InChI=1S/C20H22N4O3S/c1-4-24-18(17-6-5-11-27-17)22-23-20(24)28-12-16(25)14-7-9-15(10-8-14)21-19(26)13(2)3/h5-11,13H,4,12H2,1-3H3,(H,21,26). The van der Waals surface area contributed by atoms with E-state index in [1.165, 1.54) is 11.8 Å². The maximum atomic E-state index is 12.5. The van der Waals surface area contributed by atoms with Crippen molar-refractivity contribution in [1.82, 2.24) is 14.8 Å². The first-order valence-electron chi connectivity index (χ1n) is 9.03. The minimum absolute atomic E-state index is 0.0167. The van der Waals surface area contributed by atoms with Crippen LogP contribution in [0, 0.1) is 5.92 Å². The predicted octanol–water partition coefficient (Wildman–Crippen LogP) is 4.13. The van der Waals surface area contributed by atoms with Crippen molar-refractivity contribution in [3.8, 4) is 11.6 Å². The zero-order chi connectivity index (χ0) is 20.1. The van der Waals surface area contributed by atoms with Crippen LogP contribution in [0.5, 0.6) is 0 Å². The highest BCUT2D eigenvalue weighted by Crippen LogP contribution is 2.25. The molecule has 0 spiro atoms. The number of nitrogens with zero attached hydrogens (tertiary/aromatic N) is 3. The summed E-state index contributed by atoms with van der Waals surface area (Å²) in [5.41, 5.74) is 1.26. The van der Waals surface area contributed by atoms with Gasteiger partial charge >= 0.3 is 0 Å². The summed E-state index contributed by atoms with van der Waals surface area (Å²) in [6, 6.07) is 10.5. The van der Waals surface area contributed by atoms with E-state index < -0.39 is 0 Å². The first-order valence-corrected chi connectivity index (χ1v) is 10.0. The molecule has 146 valence electrons. The number of hydrogen-bond donors (Lipinski definition) is 1. The molecule has 28 heavy (non-hydrogen) atoms. The van der Waals surface area contributed by atoms with Gasteiger partial charge in [-0.05, 0) is 43.3 Å². The molecule has 2 aromatic heterocycles. The van der Waals surface area contributed by atoms with Crippen LogP contribution in [-0.4, -0.2) is 32.2 Å². The van der Waals surface area contributed by atoms with Crippen LogP contribution in [0.4, 0.5) is 5.69 Å². The Balaban J connectivity index is 1.64. The van der Waals surface area contributed by atoms with Gasteiger partial charge in [0.2, 0.25) is 5.91 Å². The molecular weight excluding hydrogens is 376 g/mol. The van der Waals surface area contributed by atoms with E-state index in [-0.39, 0.29) is 23.4 Å². The SMILES string of the molecule is CCn1c(SCC(=O)c2ccc(NC(=O)C(C)C)cc2)nnc1-c1ccco1. The Morgan fingerprint density at radius 3 is 2.54 bits per heavy atom. The molecule has 3 aromatic rings. The van der Waals surface area contributed by atoms with Gasteiger partial charge in [0.15, 0.2) is 22.5 Å². The number of nitrogens with one attached hydrogen (secondary N) is 1. The van der Waals surface area contributed by atoms with Crippen molar-refractivity contribution >= 4 is 29.1 Å². The summed E-state index contributed by atoms with van der Waals surface area (Å²) in [6.45, 7) is 6.32. The first kappa shape index (κ1) is 19.9. The second-order valence-corrected chi connectivity index (χ2v) is 7.40. The van der Waals surface area contributed by atoms with Gasteiger partial charge < -0.3 is 9.73 Å². The smallest absolute Gasteiger partial charge is 0.226 e. The molecule has 0 aliphatic carbocycles. The Kier molecular flexibility index (Phi) is 6.30. The molecule has 0 unspecified atom stereocenters. The minimum Gasteiger partial charge on any atom is -0.461 e. The number of ketones is 1. The maximum absolute atomic E-state index is 12.5. The highest BCUT2D eigenvalue weighted by atomic mass is 32.2. The number of Topliss-reactive ketones (excluding diaryl/α,β-unsaturated/α-hetero) is 1. The van der Waals surface area contributed by atoms with Crippen LogP contribution in [0.1, 0.15) is 31.1 Å². The van der Waals surface area contributed by atoms with Gasteiger partial charge in [-0.15, -0.1) is 10.2 Å². The van der Waals surface area contributed by atoms with Crippen LogP contribution in [0.3, 0.4) is 0 Å². The van der Waals surface area contributed by atoms with E-state index in [0.29, 0.717) is 34.5 Å². The van der Waals surface area contributed by atoms with Gasteiger partial charge in [-0.2, -0.15) is 0 Å².